The lowest BCUT2D eigenvalue weighted by molar-refractivity contribution is 1.11. The van der Waals surface area contributed by atoms with E-state index in [2.05, 4.69) is 13.0 Å². The molecule has 0 aliphatic rings. The minimum absolute atomic E-state index is 0.474. The second-order valence-corrected chi connectivity index (χ2v) is 5.93. The predicted octanol–water partition coefficient (Wildman–Crippen LogP) is 5.93. The Morgan fingerprint density at radius 3 is 2.41 bits per heavy atom. The lowest BCUT2D eigenvalue weighted by Crippen LogP contribution is -1.90. The molecule has 4 heteroatoms. The topological polar surface area (TPSA) is 49.8 Å². The molecule has 0 radical (unpaired) electrons. The molecule has 0 aliphatic carbocycles. The van der Waals surface area contributed by atoms with Crippen molar-refractivity contribution in [2.45, 2.75) is 20.3 Å². The Morgan fingerprint density at radius 2 is 1.86 bits per heavy atom. The number of nitrogen functional groups attached to an aromatic ring is 1. The molecule has 0 aliphatic heterocycles. The maximum Gasteiger partial charge on any atom is 0.0998 e. The van der Waals surface area contributed by atoms with Gasteiger partial charge in [0.05, 0.1) is 21.7 Å². The predicted molar refractivity (Wildman–Crippen MR) is 95.0 cm³/mol. The molecule has 0 atom stereocenters. The third-order valence-corrected chi connectivity index (χ3v) is 4.08. The van der Waals surface area contributed by atoms with Gasteiger partial charge in [0.2, 0.25) is 0 Å². The first-order valence-electron chi connectivity index (χ1n) is 6.92. The minimum atomic E-state index is 0.474. The van der Waals surface area contributed by atoms with E-state index >= 15 is 0 Å². The van der Waals surface area contributed by atoms with E-state index in [4.69, 9.17) is 28.9 Å². The standard InChI is InChI=1S/C18H16Cl2N2/c1-3-11(2)6-12-4-5-13(7-14(12)10-21)18-16(19)8-15(22)9-17(18)20/h4-9H,3,22H2,1-2H3/b11-6-. The molecule has 2 rings (SSSR count). The van der Waals surface area contributed by atoms with Gasteiger partial charge in [-0.25, -0.2) is 0 Å². The highest BCUT2D eigenvalue weighted by molar-refractivity contribution is 6.39. The van der Waals surface area contributed by atoms with E-state index in [-0.39, 0.29) is 0 Å². The normalized spacial score (nSPS) is 11.3. The SMILES string of the molecule is CC/C(C)=C\c1ccc(-c2c(Cl)cc(N)cc2Cl)cc1C#N. The molecule has 22 heavy (non-hydrogen) atoms. The van der Waals surface area contributed by atoms with Crippen LogP contribution in [0.5, 0.6) is 0 Å². The summed E-state index contributed by atoms with van der Waals surface area (Å²) in [6, 6.07) is 11.2. The summed E-state index contributed by atoms with van der Waals surface area (Å²) in [4.78, 5) is 0. The van der Waals surface area contributed by atoms with Gasteiger partial charge < -0.3 is 5.73 Å². The van der Waals surface area contributed by atoms with Crippen molar-refractivity contribution in [3.63, 3.8) is 0 Å². The number of hydrogen-bond acceptors (Lipinski definition) is 2. The third-order valence-electron chi connectivity index (χ3n) is 3.49. The molecule has 0 saturated heterocycles. The molecule has 0 aromatic heterocycles. The number of halogens is 2. The molecule has 0 bridgehead atoms. The molecule has 0 amide bonds. The van der Waals surface area contributed by atoms with E-state index in [1.54, 1.807) is 18.2 Å². The van der Waals surface area contributed by atoms with Crippen molar-refractivity contribution in [3.05, 3.63) is 57.1 Å². The number of allylic oxidation sites excluding steroid dienone is 1. The summed E-state index contributed by atoms with van der Waals surface area (Å²) >= 11 is 12.5. The number of hydrogen-bond donors (Lipinski definition) is 1. The van der Waals surface area contributed by atoms with Gasteiger partial charge in [-0.05, 0) is 42.7 Å². The quantitative estimate of drug-likeness (QED) is 0.709. The van der Waals surface area contributed by atoms with Gasteiger partial charge in [-0.2, -0.15) is 5.26 Å². The first kappa shape index (κ1) is 16.4. The molecule has 2 N–H and O–H groups in total. The molecule has 0 unspecified atom stereocenters. The molecule has 2 nitrogen and oxygen atoms in total. The molecular formula is C18H16Cl2N2. The average molecular weight is 331 g/mol. The monoisotopic (exact) mass is 330 g/mol. The van der Waals surface area contributed by atoms with Crippen LogP contribution in [-0.2, 0) is 0 Å². The van der Waals surface area contributed by atoms with Crippen molar-refractivity contribution in [2.24, 2.45) is 0 Å². The fourth-order valence-corrected chi connectivity index (χ4v) is 2.89. The number of nitriles is 1. The smallest absolute Gasteiger partial charge is 0.0998 e. The van der Waals surface area contributed by atoms with Crippen molar-refractivity contribution in [2.75, 3.05) is 5.73 Å². The molecule has 0 spiro atoms. The van der Waals surface area contributed by atoms with Gasteiger partial charge in [-0.3, -0.25) is 0 Å². The maximum atomic E-state index is 9.39. The van der Waals surface area contributed by atoms with Crippen LogP contribution in [0.3, 0.4) is 0 Å². The van der Waals surface area contributed by atoms with Gasteiger partial charge in [0.1, 0.15) is 0 Å². The van der Waals surface area contributed by atoms with Crippen LogP contribution < -0.4 is 5.73 Å². The summed E-state index contributed by atoms with van der Waals surface area (Å²) in [5, 5.41) is 10.3. The van der Waals surface area contributed by atoms with Gasteiger partial charge in [0, 0.05) is 11.3 Å². The lowest BCUT2D eigenvalue weighted by atomic mass is 9.98. The molecule has 0 fully saturated rings. The first-order valence-corrected chi connectivity index (χ1v) is 7.68. The van der Waals surface area contributed by atoms with E-state index in [9.17, 15) is 5.26 Å². The summed E-state index contributed by atoms with van der Waals surface area (Å²) in [6.07, 6.45) is 2.97. The number of benzene rings is 2. The van der Waals surface area contributed by atoms with Crippen LogP contribution in [0.4, 0.5) is 5.69 Å². The Morgan fingerprint density at radius 1 is 1.23 bits per heavy atom. The maximum absolute atomic E-state index is 9.39. The van der Waals surface area contributed by atoms with Gasteiger partial charge in [0.15, 0.2) is 0 Å². The fourth-order valence-electron chi connectivity index (χ4n) is 2.17. The molecule has 0 heterocycles. The van der Waals surface area contributed by atoms with Crippen LogP contribution in [0, 0.1) is 11.3 Å². The van der Waals surface area contributed by atoms with Crippen molar-refractivity contribution < 1.29 is 0 Å². The van der Waals surface area contributed by atoms with Gasteiger partial charge in [-0.1, -0.05) is 53.9 Å². The molecule has 0 saturated carbocycles. The number of anilines is 1. The Hall–Kier alpha value is -1.95. The zero-order valence-electron chi connectivity index (χ0n) is 12.5. The lowest BCUT2D eigenvalue weighted by Gasteiger charge is -2.10. The minimum Gasteiger partial charge on any atom is -0.399 e. The Bertz CT molecular complexity index is 763. The second kappa shape index (κ2) is 6.87. The Balaban J connectivity index is 2.59. The van der Waals surface area contributed by atoms with Crippen molar-refractivity contribution in [1.29, 1.82) is 5.26 Å². The summed E-state index contributed by atoms with van der Waals surface area (Å²) in [5.41, 5.74) is 10.4. The van der Waals surface area contributed by atoms with Gasteiger partial charge in [0.25, 0.3) is 0 Å². The van der Waals surface area contributed by atoms with Crippen molar-refractivity contribution in [3.8, 4) is 17.2 Å². The van der Waals surface area contributed by atoms with Crippen molar-refractivity contribution >= 4 is 35.0 Å². The van der Waals surface area contributed by atoms with Crippen LogP contribution >= 0.6 is 23.2 Å². The summed E-state index contributed by atoms with van der Waals surface area (Å²) in [5.74, 6) is 0. The van der Waals surface area contributed by atoms with E-state index in [0.717, 1.165) is 17.5 Å². The highest BCUT2D eigenvalue weighted by atomic mass is 35.5. The Kier molecular flexibility index (Phi) is 5.13. The van der Waals surface area contributed by atoms with Crippen LogP contribution in [-0.4, -0.2) is 0 Å². The third kappa shape index (κ3) is 3.44. The van der Waals surface area contributed by atoms with E-state index in [1.165, 1.54) is 5.57 Å². The van der Waals surface area contributed by atoms with E-state index < -0.39 is 0 Å². The number of rotatable bonds is 3. The fraction of sp³-hybridized carbons (Fsp3) is 0.167. The summed E-state index contributed by atoms with van der Waals surface area (Å²) in [7, 11) is 0. The van der Waals surface area contributed by atoms with Crippen LogP contribution in [0.25, 0.3) is 17.2 Å². The first-order chi connectivity index (χ1) is 10.5. The molecule has 2 aromatic carbocycles. The van der Waals surface area contributed by atoms with Crippen LogP contribution in [0.1, 0.15) is 31.4 Å². The highest BCUT2D eigenvalue weighted by Gasteiger charge is 2.12. The zero-order valence-corrected chi connectivity index (χ0v) is 14.0. The summed E-state index contributed by atoms with van der Waals surface area (Å²) in [6.45, 7) is 4.13. The number of nitrogens with two attached hydrogens (primary N) is 1. The number of nitrogens with zero attached hydrogens (tertiary/aromatic N) is 1. The van der Waals surface area contributed by atoms with Crippen molar-refractivity contribution in [1.82, 2.24) is 0 Å². The molecule has 2 aromatic rings. The molecular weight excluding hydrogens is 315 g/mol. The highest BCUT2D eigenvalue weighted by Crippen LogP contribution is 2.37. The summed E-state index contributed by atoms with van der Waals surface area (Å²) < 4.78 is 0. The van der Waals surface area contributed by atoms with Gasteiger partial charge in [-0.15, -0.1) is 0 Å². The van der Waals surface area contributed by atoms with Crippen LogP contribution in [0.2, 0.25) is 10.0 Å². The molecule has 112 valence electrons. The van der Waals surface area contributed by atoms with E-state index in [0.29, 0.717) is 26.9 Å². The second-order valence-electron chi connectivity index (χ2n) is 5.12. The zero-order chi connectivity index (χ0) is 16.3. The van der Waals surface area contributed by atoms with Crippen LogP contribution in [0.15, 0.2) is 35.9 Å². The largest absolute Gasteiger partial charge is 0.399 e. The average Bonchev–Trinajstić information content (AvgIpc) is 2.47. The van der Waals surface area contributed by atoms with Gasteiger partial charge >= 0.3 is 0 Å². The Labute approximate surface area is 140 Å². The van der Waals surface area contributed by atoms with E-state index in [1.807, 2.05) is 25.1 Å².